The average Bonchev–Trinajstić information content (AvgIpc) is 2.58. The van der Waals surface area contributed by atoms with Crippen LogP contribution in [0.5, 0.6) is 0 Å². The highest BCUT2D eigenvalue weighted by atomic mass is 16.4. The van der Waals surface area contributed by atoms with Crippen LogP contribution in [0.25, 0.3) is 0 Å². The third-order valence-corrected chi connectivity index (χ3v) is 3.80. The molecule has 0 radical (unpaired) electrons. The number of allylic oxidation sites excluding steroid dienone is 6. The van der Waals surface area contributed by atoms with Gasteiger partial charge < -0.3 is 10.4 Å². The normalized spacial score (nSPS) is 13.0. The van der Waals surface area contributed by atoms with Crippen molar-refractivity contribution in [1.82, 2.24) is 5.32 Å². The van der Waals surface area contributed by atoms with Crippen LogP contribution in [0.1, 0.15) is 78.1 Å². The predicted molar refractivity (Wildman–Crippen MR) is 105 cm³/mol. The Labute approximate surface area is 153 Å². The fourth-order valence-corrected chi connectivity index (χ4v) is 2.28. The van der Waals surface area contributed by atoms with E-state index in [-0.39, 0.29) is 5.91 Å². The van der Waals surface area contributed by atoms with Gasteiger partial charge in [0.1, 0.15) is 6.04 Å². The summed E-state index contributed by atoms with van der Waals surface area (Å²) in [6.45, 7) is 3.62. The maximum atomic E-state index is 11.5. The van der Waals surface area contributed by atoms with Crippen LogP contribution in [0.4, 0.5) is 0 Å². The fourth-order valence-electron chi connectivity index (χ4n) is 2.28. The van der Waals surface area contributed by atoms with E-state index in [1.54, 1.807) is 0 Å². The fraction of sp³-hybridized carbons (Fsp3) is 0.619. The Balaban J connectivity index is 3.41. The maximum Gasteiger partial charge on any atom is 0.325 e. The summed E-state index contributed by atoms with van der Waals surface area (Å²) in [6.07, 6.45) is 23.2. The first-order chi connectivity index (χ1) is 12.1. The summed E-state index contributed by atoms with van der Waals surface area (Å²) >= 11 is 0. The molecule has 0 aliphatic rings. The number of amides is 1. The monoisotopic (exact) mass is 349 g/mol. The molecule has 0 aromatic rings. The molecule has 1 atom stereocenters. The minimum atomic E-state index is -0.995. The van der Waals surface area contributed by atoms with Crippen molar-refractivity contribution in [3.05, 3.63) is 36.5 Å². The Morgan fingerprint density at radius 1 is 0.880 bits per heavy atom. The molecule has 25 heavy (non-hydrogen) atoms. The number of aliphatic carboxylic acids is 1. The summed E-state index contributed by atoms with van der Waals surface area (Å²) in [6, 6.07) is -0.804. The molecule has 4 nitrogen and oxygen atoms in total. The van der Waals surface area contributed by atoms with Crippen molar-refractivity contribution in [3.8, 4) is 0 Å². The summed E-state index contributed by atoms with van der Waals surface area (Å²) in [7, 11) is 0. The lowest BCUT2D eigenvalue weighted by Gasteiger charge is -2.08. The van der Waals surface area contributed by atoms with Gasteiger partial charge in [-0.2, -0.15) is 0 Å². The zero-order valence-electron chi connectivity index (χ0n) is 15.9. The first-order valence-corrected chi connectivity index (χ1v) is 9.55. The number of hydrogen-bond acceptors (Lipinski definition) is 2. The van der Waals surface area contributed by atoms with Crippen LogP contribution in [-0.2, 0) is 9.59 Å². The van der Waals surface area contributed by atoms with E-state index in [0.29, 0.717) is 6.42 Å². The Kier molecular flexibility index (Phi) is 15.7. The molecule has 0 aliphatic heterocycles. The quantitative estimate of drug-likeness (QED) is 0.317. The SMILES string of the molecule is CC/C=C\C/C=C\C/C=C\CCCCCCCC(=O)N[C@H](C)C(=O)O. The van der Waals surface area contributed by atoms with Gasteiger partial charge in [0, 0.05) is 6.42 Å². The largest absolute Gasteiger partial charge is 0.480 e. The summed E-state index contributed by atoms with van der Waals surface area (Å²) in [5, 5.41) is 11.2. The van der Waals surface area contributed by atoms with Crippen LogP contribution in [0, 0.1) is 0 Å². The number of carboxylic acids is 1. The number of unbranched alkanes of at least 4 members (excludes halogenated alkanes) is 5. The van der Waals surface area contributed by atoms with Gasteiger partial charge >= 0.3 is 5.97 Å². The van der Waals surface area contributed by atoms with Crippen molar-refractivity contribution in [2.24, 2.45) is 0 Å². The molecule has 0 saturated heterocycles. The number of hydrogen-bond donors (Lipinski definition) is 2. The zero-order valence-corrected chi connectivity index (χ0v) is 15.9. The summed E-state index contributed by atoms with van der Waals surface area (Å²) < 4.78 is 0. The Hall–Kier alpha value is -1.84. The number of nitrogens with one attached hydrogen (secondary N) is 1. The number of carboxylic acid groups (broad SMARTS) is 1. The Morgan fingerprint density at radius 2 is 1.44 bits per heavy atom. The van der Waals surface area contributed by atoms with Crippen LogP contribution < -0.4 is 5.32 Å². The highest BCUT2D eigenvalue weighted by Gasteiger charge is 2.12. The van der Waals surface area contributed by atoms with Gasteiger partial charge in [0.15, 0.2) is 0 Å². The topological polar surface area (TPSA) is 66.4 Å². The van der Waals surface area contributed by atoms with Crippen molar-refractivity contribution in [2.75, 3.05) is 0 Å². The first kappa shape index (κ1) is 23.2. The van der Waals surface area contributed by atoms with Crippen LogP contribution in [0.15, 0.2) is 36.5 Å². The van der Waals surface area contributed by atoms with Crippen LogP contribution >= 0.6 is 0 Å². The van der Waals surface area contributed by atoms with Gasteiger partial charge in [-0.25, -0.2) is 0 Å². The van der Waals surface area contributed by atoms with Gasteiger partial charge in [-0.1, -0.05) is 62.6 Å². The lowest BCUT2D eigenvalue weighted by Crippen LogP contribution is -2.38. The minimum absolute atomic E-state index is 0.170. The third-order valence-electron chi connectivity index (χ3n) is 3.80. The second-order valence-corrected chi connectivity index (χ2v) is 6.23. The number of rotatable bonds is 15. The molecule has 0 spiro atoms. The van der Waals surface area contributed by atoms with Gasteiger partial charge in [0.2, 0.25) is 5.91 Å². The summed E-state index contributed by atoms with van der Waals surface area (Å²) in [4.78, 5) is 22.1. The van der Waals surface area contributed by atoms with E-state index in [0.717, 1.165) is 44.9 Å². The average molecular weight is 350 g/mol. The molecular formula is C21H35NO3. The van der Waals surface area contributed by atoms with E-state index in [2.05, 4.69) is 48.7 Å². The maximum absolute atomic E-state index is 11.5. The van der Waals surface area contributed by atoms with Gasteiger partial charge in [-0.05, 0) is 45.4 Å². The zero-order chi connectivity index (χ0) is 18.8. The molecule has 142 valence electrons. The molecule has 0 aliphatic carbocycles. The van der Waals surface area contributed by atoms with E-state index in [4.69, 9.17) is 5.11 Å². The Morgan fingerprint density at radius 3 is 2.08 bits per heavy atom. The van der Waals surface area contributed by atoms with Crippen LogP contribution in [0.3, 0.4) is 0 Å². The second kappa shape index (κ2) is 17.0. The van der Waals surface area contributed by atoms with Gasteiger partial charge in [0.25, 0.3) is 0 Å². The molecule has 0 rings (SSSR count). The van der Waals surface area contributed by atoms with E-state index < -0.39 is 12.0 Å². The molecule has 2 N–H and O–H groups in total. The van der Waals surface area contributed by atoms with Crippen molar-refractivity contribution >= 4 is 11.9 Å². The Bertz CT molecular complexity index is 438. The predicted octanol–water partition coefficient (Wildman–Crippen LogP) is 5.17. The van der Waals surface area contributed by atoms with E-state index in [1.165, 1.54) is 19.8 Å². The smallest absolute Gasteiger partial charge is 0.325 e. The molecular weight excluding hydrogens is 314 g/mol. The lowest BCUT2D eigenvalue weighted by atomic mass is 10.1. The van der Waals surface area contributed by atoms with Crippen molar-refractivity contribution in [3.63, 3.8) is 0 Å². The molecule has 0 bridgehead atoms. The van der Waals surface area contributed by atoms with Gasteiger partial charge in [-0.3, -0.25) is 9.59 Å². The van der Waals surface area contributed by atoms with Gasteiger partial charge in [-0.15, -0.1) is 0 Å². The van der Waals surface area contributed by atoms with Crippen LogP contribution in [-0.4, -0.2) is 23.0 Å². The highest BCUT2D eigenvalue weighted by molar-refractivity contribution is 5.83. The van der Waals surface area contributed by atoms with Crippen molar-refractivity contribution in [2.45, 2.75) is 84.1 Å². The molecule has 0 unspecified atom stereocenters. The summed E-state index contributed by atoms with van der Waals surface area (Å²) in [5.41, 5.74) is 0. The highest BCUT2D eigenvalue weighted by Crippen LogP contribution is 2.08. The van der Waals surface area contributed by atoms with E-state index in [9.17, 15) is 9.59 Å². The van der Waals surface area contributed by atoms with E-state index >= 15 is 0 Å². The lowest BCUT2D eigenvalue weighted by molar-refractivity contribution is -0.141. The standard InChI is InChI=1S/C21H35NO3/c1-3-4-5-6-7-8-9-10-11-12-13-14-15-16-17-18-20(23)22-19(2)21(24)25/h4-5,7-8,10-11,19H,3,6,9,12-18H2,1-2H3,(H,22,23)(H,24,25)/b5-4-,8-7-,11-10-/t19-/m1/s1. The molecule has 0 aromatic heterocycles. The molecule has 0 saturated carbocycles. The first-order valence-electron chi connectivity index (χ1n) is 9.55. The van der Waals surface area contributed by atoms with Gasteiger partial charge in [0.05, 0.1) is 0 Å². The van der Waals surface area contributed by atoms with E-state index in [1.807, 2.05) is 0 Å². The number of carbonyl (C=O) groups excluding carboxylic acids is 1. The second-order valence-electron chi connectivity index (χ2n) is 6.23. The molecule has 0 heterocycles. The summed E-state index contributed by atoms with van der Waals surface area (Å²) in [5.74, 6) is -1.17. The third kappa shape index (κ3) is 16.8. The van der Waals surface area contributed by atoms with Crippen LogP contribution in [0.2, 0.25) is 0 Å². The molecule has 0 aromatic carbocycles. The number of carbonyl (C=O) groups is 2. The van der Waals surface area contributed by atoms with Crippen molar-refractivity contribution in [1.29, 1.82) is 0 Å². The molecule has 4 heteroatoms. The minimum Gasteiger partial charge on any atom is -0.480 e. The molecule has 1 amide bonds. The molecule has 0 fully saturated rings. The van der Waals surface area contributed by atoms with Crippen molar-refractivity contribution < 1.29 is 14.7 Å².